The number of rotatable bonds is 7. The summed E-state index contributed by atoms with van der Waals surface area (Å²) < 4.78 is 0. The minimum Gasteiger partial charge on any atom is -0.338 e. The molecule has 0 saturated carbocycles. The van der Waals surface area contributed by atoms with Crippen LogP contribution in [-0.4, -0.2) is 36.2 Å². The molecule has 2 aromatic carbocycles. The Morgan fingerprint density at radius 3 is 1.45 bits per heavy atom. The molecule has 0 spiro atoms. The van der Waals surface area contributed by atoms with Gasteiger partial charge in [0.05, 0.1) is 0 Å². The third-order valence-corrected chi connectivity index (χ3v) is 8.30. The molecule has 2 atom stereocenters. The Balaban J connectivity index is 1.19. The van der Waals surface area contributed by atoms with E-state index >= 15 is 0 Å². The summed E-state index contributed by atoms with van der Waals surface area (Å²) in [5, 5.41) is 6.30. The van der Waals surface area contributed by atoms with Crippen LogP contribution in [0.3, 0.4) is 0 Å². The molecule has 0 radical (unpaired) electrons. The number of carbonyl (C=O) groups is 2. The van der Waals surface area contributed by atoms with E-state index < -0.39 is 0 Å². The number of amides is 4. The van der Waals surface area contributed by atoms with Crippen LogP contribution in [0.4, 0.5) is 21.0 Å². The summed E-state index contributed by atoms with van der Waals surface area (Å²) in [7, 11) is 0. The molecule has 38 heavy (non-hydrogen) atoms. The van der Waals surface area contributed by atoms with E-state index in [2.05, 4.69) is 88.6 Å². The number of para-hydroxylation sites is 2. The number of nitrogens with one attached hydrogen (secondary N) is 2. The van der Waals surface area contributed by atoms with Crippen LogP contribution in [0.1, 0.15) is 103 Å². The van der Waals surface area contributed by atoms with Gasteiger partial charge in [-0.05, 0) is 88.5 Å². The Morgan fingerprint density at radius 2 is 1.05 bits per heavy atom. The minimum absolute atomic E-state index is 0.0136. The molecular weight excluding hydrogens is 472 g/mol. The summed E-state index contributed by atoms with van der Waals surface area (Å²) in [5.74, 6) is 0.870. The lowest BCUT2D eigenvalue weighted by Crippen LogP contribution is -2.55. The van der Waals surface area contributed by atoms with Gasteiger partial charge < -0.3 is 10.6 Å². The van der Waals surface area contributed by atoms with E-state index in [0.29, 0.717) is 24.9 Å². The fourth-order valence-electron chi connectivity index (χ4n) is 6.69. The molecular formula is C32H46N4O2. The molecule has 0 fully saturated rings. The van der Waals surface area contributed by atoms with Crippen molar-refractivity contribution in [2.75, 3.05) is 22.9 Å². The molecule has 6 nitrogen and oxygen atoms in total. The zero-order valence-corrected chi connectivity index (χ0v) is 24.1. The van der Waals surface area contributed by atoms with E-state index in [9.17, 15) is 9.59 Å². The molecule has 206 valence electrons. The van der Waals surface area contributed by atoms with E-state index in [-0.39, 0.29) is 23.1 Å². The maximum atomic E-state index is 13.2. The Hall–Kier alpha value is -3.02. The Bertz CT molecular complexity index is 1050. The average molecular weight is 519 g/mol. The molecule has 2 aliphatic rings. The lowest BCUT2D eigenvalue weighted by Gasteiger charge is -2.45. The summed E-state index contributed by atoms with van der Waals surface area (Å²) in [6, 6.07) is 16.5. The Labute approximate surface area is 229 Å². The first-order valence-corrected chi connectivity index (χ1v) is 14.4. The number of urea groups is 2. The second kappa shape index (κ2) is 11.4. The monoisotopic (exact) mass is 518 g/mol. The van der Waals surface area contributed by atoms with E-state index in [1.54, 1.807) is 0 Å². The highest BCUT2D eigenvalue weighted by atomic mass is 16.2. The number of nitrogens with zero attached hydrogens (tertiary/aromatic N) is 2. The molecule has 0 aromatic heterocycles. The van der Waals surface area contributed by atoms with Crippen LogP contribution in [0, 0.1) is 0 Å². The molecule has 4 amide bonds. The van der Waals surface area contributed by atoms with Crippen molar-refractivity contribution in [3.05, 3.63) is 59.7 Å². The summed E-state index contributed by atoms with van der Waals surface area (Å²) in [6.45, 7) is 14.4. The average Bonchev–Trinajstić information content (AvgIpc) is 2.84. The molecule has 2 N–H and O–H groups in total. The van der Waals surface area contributed by atoms with Crippen molar-refractivity contribution in [3.63, 3.8) is 0 Å². The van der Waals surface area contributed by atoms with E-state index in [1.165, 1.54) is 11.1 Å². The van der Waals surface area contributed by atoms with Gasteiger partial charge in [0.15, 0.2) is 0 Å². The molecule has 4 rings (SSSR count). The highest BCUT2D eigenvalue weighted by Gasteiger charge is 2.40. The standard InChI is InChI=1S/C32H46N4O2/c1-23-21-31(3,4)35(27-17-11-9-15-25(23)27)29(37)33-19-13-7-8-14-20-34-30(38)36-28-18-12-10-16-26(28)24(2)22-32(36,5)6/h9-12,15-18,23-24H,7-8,13-14,19-22H2,1-6H3,(H,33,37)(H,34,38). The fourth-order valence-corrected chi connectivity index (χ4v) is 6.69. The largest absolute Gasteiger partial charge is 0.338 e. The van der Waals surface area contributed by atoms with Crippen molar-refractivity contribution in [2.24, 2.45) is 0 Å². The second-order valence-electron chi connectivity index (χ2n) is 12.5. The minimum atomic E-state index is -0.225. The topological polar surface area (TPSA) is 64.7 Å². The molecule has 2 aromatic rings. The quantitative estimate of drug-likeness (QED) is 0.372. The van der Waals surface area contributed by atoms with Crippen LogP contribution in [-0.2, 0) is 0 Å². The maximum absolute atomic E-state index is 13.2. The van der Waals surface area contributed by atoms with Gasteiger partial charge in [-0.25, -0.2) is 9.59 Å². The number of carbonyl (C=O) groups excluding carboxylic acids is 2. The number of unbranched alkanes of at least 4 members (excludes halogenated alkanes) is 3. The van der Waals surface area contributed by atoms with Crippen LogP contribution < -0.4 is 20.4 Å². The van der Waals surface area contributed by atoms with Gasteiger partial charge in [-0.15, -0.1) is 0 Å². The fraction of sp³-hybridized carbons (Fsp3) is 0.562. The van der Waals surface area contributed by atoms with Crippen molar-refractivity contribution < 1.29 is 9.59 Å². The zero-order chi connectivity index (χ0) is 27.5. The van der Waals surface area contributed by atoms with Gasteiger partial charge >= 0.3 is 12.1 Å². The van der Waals surface area contributed by atoms with Gasteiger partial charge in [0.2, 0.25) is 0 Å². The lowest BCUT2D eigenvalue weighted by molar-refractivity contribution is 0.234. The third kappa shape index (κ3) is 5.84. The third-order valence-electron chi connectivity index (χ3n) is 8.30. The highest BCUT2D eigenvalue weighted by molar-refractivity contribution is 5.95. The zero-order valence-electron chi connectivity index (χ0n) is 24.1. The van der Waals surface area contributed by atoms with Gasteiger partial charge in [-0.3, -0.25) is 9.80 Å². The van der Waals surface area contributed by atoms with Crippen molar-refractivity contribution in [1.82, 2.24) is 10.6 Å². The SMILES string of the molecule is CC1CC(C)(C)N(C(=O)NCCCCCCNC(=O)N2c3ccccc3C(C)CC2(C)C)c2ccccc21. The summed E-state index contributed by atoms with van der Waals surface area (Å²) in [5.41, 5.74) is 4.09. The van der Waals surface area contributed by atoms with Gasteiger partial charge in [0.25, 0.3) is 0 Å². The first kappa shape index (κ1) is 28.0. The number of hydrogen-bond donors (Lipinski definition) is 2. The van der Waals surface area contributed by atoms with Crippen molar-refractivity contribution in [1.29, 1.82) is 0 Å². The van der Waals surface area contributed by atoms with Crippen LogP contribution >= 0.6 is 0 Å². The lowest BCUT2D eigenvalue weighted by atomic mass is 9.80. The van der Waals surface area contributed by atoms with Crippen molar-refractivity contribution in [3.8, 4) is 0 Å². The summed E-state index contributed by atoms with van der Waals surface area (Å²) in [6.07, 6.45) is 5.78. The van der Waals surface area contributed by atoms with E-state index in [4.69, 9.17) is 0 Å². The summed E-state index contributed by atoms with van der Waals surface area (Å²) in [4.78, 5) is 30.2. The van der Waals surface area contributed by atoms with Crippen molar-refractivity contribution in [2.45, 2.75) is 103 Å². The van der Waals surface area contributed by atoms with Gasteiger partial charge in [0, 0.05) is 35.5 Å². The number of fused-ring (bicyclic) bond motifs is 2. The van der Waals surface area contributed by atoms with Gasteiger partial charge in [-0.1, -0.05) is 63.1 Å². The van der Waals surface area contributed by atoms with Crippen LogP contribution in [0.25, 0.3) is 0 Å². The molecule has 6 heteroatoms. The Kier molecular flexibility index (Phi) is 8.39. The summed E-state index contributed by atoms with van der Waals surface area (Å²) >= 11 is 0. The first-order chi connectivity index (χ1) is 18.0. The smallest absolute Gasteiger partial charge is 0.322 e. The van der Waals surface area contributed by atoms with Gasteiger partial charge in [0.1, 0.15) is 0 Å². The highest BCUT2D eigenvalue weighted by Crippen LogP contribution is 2.44. The predicted octanol–water partition coefficient (Wildman–Crippen LogP) is 7.55. The first-order valence-electron chi connectivity index (χ1n) is 14.4. The van der Waals surface area contributed by atoms with Crippen LogP contribution in [0.2, 0.25) is 0 Å². The normalized spacial score (nSPS) is 21.3. The van der Waals surface area contributed by atoms with Crippen LogP contribution in [0.5, 0.6) is 0 Å². The van der Waals surface area contributed by atoms with Gasteiger partial charge in [-0.2, -0.15) is 0 Å². The molecule has 0 saturated heterocycles. The number of anilines is 2. The van der Waals surface area contributed by atoms with E-state index in [1.807, 2.05) is 21.9 Å². The number of benzene rings is 2. The van der Waals surface area contributed by atoms with Crippen LogP contribution in [0.15, 0.2) is 48.5 Å². The predicted molar refractivity (Wildman–Crippen MR) is 157 cm³/mol. The molecule has 2 heterocycles. The van der Waals surface area contributed by atoms with Crippen molar-refractivity contribution >= 4 is 23.4 Å². The van der Waals surface area contributed by atoms with E-state index in [0.717, 1.165) is 49.9 Å². The second-order valence-corrected chi connectivity index (χ2v) is 12.5. The molecule has 2 aliphatic heterocycles. The molecule has 2 unspecified atom stereocenters. The Morgan fingerprint density at radius 1 is 0.684 bits per heavy atom. The molecule has 0 aliphatic carbocycles. The number of hydrogen-bond acceptors (Lipinski definition) is 2. The molecule has 0 bridgehead atoms. The maximum Gasteiger partial charge on any atom is 0.322 e.